The normalized spacial score (nSPS) is 24.8. The van der Waals surface area contributed by atoms with E-state index in [1.807, 2.05) is 39.0 Å². The predicted octanol–water partition coefficient (Wildman–Crippen LogP) is 4.89. The van der Waals surface area contributed by atoms with Crippen LogP contribution in [0.1, 0.15) is 50.3 Å². The molecule has 0 amide bonds. The maximum atomic E-state index is 11.0. The van der Waals surface area contributed by atoms with Gasteiger partial charge < -0.3 is 15.2 Å². The Hall–Kier alpha value is -1.01. The minimum Gasteiger partial charge on any atom is -0.485 e. The molecule has 0 spiro atoms. The Morgan fingerprint density at radius 1 is 1.29 bits per heavy atom. The molecule has 2 aliphatic rings. The van der Waals surface area contributed by atoms with Gasteiger partial charge in [-0.3, -0.25) is 0 Å². The van der Waals surface area contributed by atoms with Crippen LogP contribution in [0.25, 0.3) is 10.9 Å². The van der Waals surface area contributed by atoms with Crippen LogP contribution in [0.2, 0.25) is 5.15 Å². The molecule has 3 heterocycles. The van der Waals surface area contributed by atoms with E-state index in [1.165, 1.54) is 24.3 Å². The van der Waals surface area contributed by atoms with Crippen LogP contribution in [0, 0.1) is 12.8 Å². The molecule has 1 saturated heterocycles. The van der Waals surface area contributed by atoms with Crippen molar-refractivity contribution in [1.29, 1.82) is 0 Å². The fraction of sp³-hybridized carbons (Fsp3) is 0.591. The lowest BCUT2D eigenvalue weighted by atomic mass is 9.85. The minimum atomic E-state index is -0.659. The third kappa shape index (κ3) is 4.00. The highest BCUT2D eigenvalue weighted by molar-refractivity contribution is 7.99. The molecule has 2 N–H and O–H groups in total. The van der Waals surface area contributed by atoms with Crippen LogP contribution in [0.4, 0.5) is 0 Å². The van der Waals surface area contributed by atoms with Crippen molar-refractivity contribution in [3.8, 4) is 5.75 Å². The molecule has 1 unspecified atom stereocenters. The first-order valence-corrected chi connectivity index (χ1v) is 11.7. The third-order valence-corrected chi connectivity index (χ3v) is 7.35. The number of aliphatic hydroxyl groups is 1. The zero-order valence-electron chi connectivity index (χ0n) is 16.8. The van der Waals surface area contributed by atoms with Crippen molar-refractivity contribution in [3.63, 3.8) is 0 Å². The molecule has 1 fully saturated rings. The van der Waals surface area contributed by atoms with Gasteiger partial charge in [0.25, 0.3) is 0 Å². The Labute approximate surface area is 176 Å². The molecule has 0 saturated carbocycles. The number of benzene rings is 1. The predicted molar refractivity (Wildman–Crippen MR) is 118 cm³/mol. The fourth-order valence-corrected chi connectivity index (χ4v) is 5.80. The van der Waals surface area contributed by atoms with Crippen molar-refractivity contribution in [1.82, 2.24) is 10.3 Å². The number of pyridine rings is 1. The molecule has 1 aromatic heterocycles. The van der Waals surface area contributed by atoms with Gasteiger partial charge in [0.1, 0.15) is 22.6 Å². The second kappa shape index (κ2) is 8.02. The molecule has 1 aromatic carbocycles. The van der Waals surface area contributed by atoms with Crippen LogP contribution >= 0.6 is 23.4 Å². The van der Waals surface area contributed by atoms with Gasteiger partial charge in [0.2, 0.25) is 0 Å². The summed E-state index contributed by atoms with van der Waals surface area (Å²) in [5.41, 5.74) is 2.22. The monoisotopic (exact) mass is 420 g/mol. The molecule has 4 rings (SSSR count). The van der Waals surface area contributed by atoms with Gasteiger partial charge in [-0.15, -0.1) is 0 Å². The summed E-state index contributed by atoms with van der Waals surface area (Å²) in [5, 5.41) is 16.2. The van der Waals surface area contributed by atoms with Gasteiger partial charge in [0.05, 0.1) is 11.6 Å². The summed E-state index contributed by atoms with van der Waals surface area (Å²) in [6, 6.07) is 5.76. The van der Waals surface area contributed by atoms with Crippen molar-refractivity contribution in [3.05, 3.63) is 34.5 Å². The van der Waals surface area contributed by atoms with Gasteiger partial charge in [-0.05, 0) is 87.8 Å². The fourth-order valence-electron chi connectivity index (χ4n) is 4.34. The van der Waals surface area contributed by atoms with Gasteiger partial charge in [-0.2, -0.15) is 11.8 Å². The average molecular weight is 421 g/mol. The van der Waals surface area contributed by atoms with Gasteiger partial charge in [-0.25, -0.2) is 4.98 Å². The lowest BCUT2D eigenvalue weighted by Crippen LogP contribution is -2.52. The highest BCUT2D eigenvalue weighted by atomic mass is 35.5. The molecule has 2 atom stereocenters. The van der Waals surface area contributed by atoms with E-state index in [9.17, 15) is 5.11 Å². The van der Waals surface area contributed by atoms with E-state index >= 15 is 0 Å². The van der Waals surface area contributed by atoms with E-state index in [0.717, 1.165) is 46.7 Å². The van der Waals surface area contributed by atoms with Crippen LogP contribution in [-0.2, 0) is 0 Å². The largest absolute Gasteiger partial charge is 0.485 e. The Balaban J connectivity index is 1.63. The van der Waals surface area contributed by atoms with Crippen molar-refractivity contribution < 1.29 is 9.84 Å². The molecular formula is C22H29ClN2O2S. The van der Waals surface area contributed by atoms with Gasteiger partial charge in [0, 0.05) is 10.9 Å². The lowest BCUT2D eigenvalue weighted by Gasteiger charge is -2.42. The number of fused-ring (bicyclic) bond motifs is 2. The lowest BCUT2D eigenvalue weighted by molar-refractivity contribution is -0.0645. The molecule has 0 aliphatic carbocycles. The number of hydrogen-bond donors (Lipinski definition) is 2. The first-order chi connectivity index (χ1) is 13.3. The van der Waals surface area contributed by atoms with Gasteiger partial charge >= 0.3 is 0 Å². The first-order valence-electron chi connectivity index (χ1n) is 10.1. The van der Waals surface area contributed by atoms with Crippen LogP contribution in [0.3, 0.4) is 0 Å². The number of rotatable bonds is 4. The number of nitrogens with zero attached hydrogens (tertiary/aromatic N) is 1. The van der Waals surface area contributed by atoms with Crippen LogP contribution in [-0.4, -0.2) is 39.8 Å². The Bertz CT molecular complexity index is 867. The van der Waals surface area contributed by atoms with Crippen LogP contribution in [0.15, 0.2) is 18.2 Å². The van der Waals surface area contributed by atoms with E-state index in [-0.39, 0.29) is 6.04 Å². The second-order valence-corrected chi connectivity index (χ2v) is 10.2. The van der Waals surface area contributed by atoms with Gasteiger partial charge in [0.15, 0.2) is 0 Å². The number of hydrogen-bond acceptors (Lipinski definition) is 5. The standard InChI is InChI=1S/C22H29ClN2O2S/c1-13-10-19(23)25-17-11-16-18(12-15(13)17)27-22(2,3)21(26)20(16)24-7-4-14-5-8-28-9-6-14/h10-12,14,20-21,24,26H,4-9H2,1-3H3/t20-,21?/m0/s1. The van der Waals surface area contributed by atoms with E-state index < -0.39 is 11.7 Å². The van der Waals surface area contributed by atoms with E-state index in [2.05, 4.69) is 22.1 Å². The minimum absolute atomic E-state index is 0.179. The maximum absolute atomic E-state index is 11.0. The topological polar surface area (TPSA) is 54.4 Å². The van der Waals surface area contributed by atoms with Crippen molar-refractivity contribution in [2.24, 2.45) is 5.92 Å². The zero-order valence-corrected chi connectivity index (χ0v) is 18.4. The van der Waals surface area contributed by atoms with Crippen LogP contribution in [0.5, 0.6) is 5.75 Å². The summed E-state index contributed by atoms with van der Waals surface area (Å²) in [7, 11) is 0. The zero-order chi connectivity index (χ0) is 19.9. The quantitative estimate of drug-likeness (QED) is 0.689. The molecule has 4 nitrogen and oxygen atoms in total. The number of aromatic nitrogens is 1. The summed E-state index contributed by atoms with van der Waals surface area (Å²) in [6.45, 7) is 6.82. The highest BCUT2D eigenvalue weighted by Gasteiger charge is 2.43. The Morgan fingerprint density at radius 2 is 2.04 bits per heavy atom. The molecule has 2 aliphatic heterocycles. The molecule has 152 valence electrons. The van der Waals surface area contributed by atoms with Gasteiger partial charge in [-0.1, -0.05) is 11.6 Å². The van der Waals surface area contributed by atoms with E-state index in [0.29, 0.717) is 5.15 Å². The molecule has 6 heteroatoms. The van der Waals surface area contributed by atoms with Crippen LogP contribution < -0.4 is 10.1 Å². The summed E-state index contributed by atoms with van der Waals surface area (Å²) in [6.07, 6.45) is 3.12. The first kappa shape index (κ1) is 20.3. The molecule has 0 radical (unpaired) electrons. The number of ether oxygens (including phenoxy) is 1. The number of aryl methyl sites for hydroxylation is 1. The Morgan fingerprint density at radius 3 is 2.79 bits per heavy atom. The van der Waals surface area contributed by atoms with E-state index in [4.69, 9.17) is 16.3 Å². The number of halogens is 1. The summed E-state index contributed by atoms with van der Waals surface area (Å²) in [4.78, 5) is 4.49. The highest BCUT2D eigenvalue weighted by Crippen LogP contribution is 2.42. The average Bonchev–Trinajstić information content (AvgIpc) is 2.65. The summed E-state index contributed by atoms with van der Waals surface area (Å²) in [5.74, 6) is 4.16. The number of aliphatic hydroxyl groups excluding tert-OH is 1. The molecule has 28 heavy (non-hydrogen) atoms. The SMILES string of the molecule is Cc1cc(Cl)nc2cc3c(cc12)OC(C)(C)C(O)[C@H]3NCCC1CCSCC1. The third-order valence-electron chi connectivity index (χ3n) is 6.11. The molecular weight excluding hydrogens is 392 g/mol. The summed E-state index contributed by atoms with van der Waals surface area (Å²) < 4.78 is 6.20. The molecule has 2 aromatic rings. The second-order valence-electron chi connectivity index (χ2n) is 8.60. The number of nitrogens with one attached hydrogen (secondary N) is 1. The van der Waals surface area contributed by atoms with Crippen molar-refractivity contribution in [2.75, 3.05) is 18.1 Å². The maximum Gasteiger partial charge on any atom is 0.131 e. The van der Waals surface area contributed by atoms with E-state index in [1.54, 1.807) is 0 Å². The van der Waals surface area contributed by atoms with Crippen molar-refractivity contribution in [2.45, 2.75) is 57.8 Å². The van der Waals surface area contributed by atoms with Crippen molar-refractivity contribution >= 4 is 34.3 Å². The summed E-state index contributed by atoms with van der Waals surface area (Å²) >= 11 is 8.24. The Kier molecular flexibility index (Phi) is 5.81. The number of thioether (sulfide) groups is 1. The smallest absolute Gasteiger partial charge is 0.131 e. The molecule has 0 bridgehead atoms.